The van der Waals surface area contributed by atoms with Gasteiger partial charge in [0.25, 0.3) is 0 Å². The molecular weight excluding hydrogens is 132 g/mol. The van der Waals surface area contributed by atoms with Crippen molar-refractivity contribution in [1.82, 2.24) is 9.89 Å². The van der Waals surface area contributed by atoms with Crippen molar-refractivity contribution in [3.63, 3.8) is 0 Å². The van der Waals surface area contributed by atoms with Crippen LogP contribution in [0.4, 0.5) is 0 Å². The molecule has 5 nitrogen and oxygen atoms in total. The van der Waals surface area contributed by atoms with Crippen molar-refractivity contribution in [1.29, 1.82) is 0 Å². The molecule has 0 unspecified atom stereocenters. The van der Waals surface area contributed by atoms with Gasteiger partial charge in [0.15, 0.2) is 13.1 Å². The molecule has 0 bridgehead atoms. The van der Waals surface area contributed by atoms with E-state index in [0.29, 0.717) is 6.73 Å². The number of aromatic nitrogens is 2. The maximum absolute atomic E-state index is 4.85. The highest BCUT2D eigenvalue weighted by atomic mass is 16.5. The van der Waals surface area contributed by atoms with Crippen LogP contribution in [0.3, 0.4) is 0 Å². The molecule has 0 aromatic carbocycles. The molecule has 0 saturated heterocycles. The van der Waals surface area contributed by atoms with Crippen LogP contribution >= 0.6 is 0 Å². The van der Waals surface area contributed by atoms with Crippen LogP contribution in [0.2, 0.25) is 0 Å². The predicted octanol–water partition coefficient (Wildman–Crippen LogP) is -0.248. The second-order valence-electron chi connectivity index (χ2n) is 1.82. The molecule has 5 heteroatoms. The van der Waals surface area contributed by atoms with Crippen molar-refractivity contribution in [2.45, 2.75) is 0 Å². The number of nitrogens with zero attached hydrogens (tertiary/aromatic N) is 4. The highest BCUT2D eigenvalue weighted by Gasteiger charge is 2.06. The van der Waals surface area contributed by atoms with Gasteiger partial charge in [0.1, 0.15) is 0 Å². The Balaban J connectivity index is 2.20. The summed E-state index contributed by atoms with van der Waals surface area (Å²) in [6, 6.07) is 1.83. The molecule has 2 heterocycles. The van der Waals surface area contributed by atoms with E-state index in [2.05, 4.69) is 10.2 Å². The number of hydrogen-bond donors (Lipinski definition) is 0. The number of ether oxygens (including phenoxy) is 1. The van der Waals surface area contributed by atoms with E-state index in [4.69, 9.17) is 4.74 Å². The van der Waals surface area contributed by atoms with Gasteiger partial charge < -0.3 is 4.74 Å². The van der Waals surface area contributed by atoms with E-state index in [0.717, 1.165) is 0 Å². The first kappa shape index (κ1) is 5.28. The van der Waals surface area contributed by atoms with Crippen molar-refractivity contribution in [2.75, 3.05) is 11.8 Å². The van der Waals surface area contributed by atoms with Crippen LogP contribution in [0, 0.1) is 0 Å². The lowest BCUT2D eigenvalue weighted by Gasteiger charge is -2.09. The Hall–Kier alpha value is -1.52. The molecule has 1 aliphatic rings. The van der Waals surface area contributed by atoms with E-state index in [1.807, 2.05) is 6.07 Å². The second kappa shape index (κ2) is 2.02. The molecule has 0 atom stereocenters. The number of hydrogen-bond acceptors (Lipinski definition) is 4. The molecule has 1 aromatic rings. The van der Waals surface area contributed by atoms with Gasteiger partial charge in [0, 0.05) is 0 Å². The van der Waals surface area contributed by atoms with Crippen molar-refractivity contribution in [3.8, 4) is 0 Å². The lowest BCUT2D eigenvalue weighted by Crippen LogP contribution is -2.27. The normalized spacial score (nSPS) is 15.8. The Bertz CT molecular complexity index is 230. The molecule has 0 radical (unpaired) electrons. The Morgan fingerprint density at radius 3 is 3.10 bits per heavy atom. The third-order valence-electron chi connectivity index (χ3n) is 1.17. The highest BCUT2D eigenvalue weighted by Crippen LogP contribution is 1.94. The lowest BCUT2D eigenvalue weighted by molar-refractivity contribution is 0.313. The maximum Gasteiger partial charge on any atom is 0.200 e. The summed E-state index contributed by atoms with van der Waals surface area (Å²) >= 11 is 0. The van der Waals surface area contributed by atoms with E-state index in [-0.39, 0.29) is 0 Å². The van der Waals surface area contributed by atoms with Gasteiger partial charge >= 0.3 is 0 Å². The first-order valence-electron chi connectivity index (χ1n) is 2.88. The molecule has 0 N–H and O–H groups in total. The summed E-state index contributed by atoms with van der Waals surface area (Å²) in [5.74, 6) is 0. The monoisotopic (exact) mass is 138 g/mol. The van der Waals surface area contributed by atoms with Crippen LogP contribution in [0.5, 0.6) is 0 Å². The molecule has 1 aliphatic heterocycles. The first-order valence-corrected chi connectivity index (χ1v) is 2.88. The molecule has 0 fully saturated rings. The summed E-state index contributed by atoms with van der Waals surface area (Å²) in [7, 11) is 0. The minimum absolute atomic E-state index is 0.432. The van der Waals surface area contributed by atoms with E-state index in [9.17, 15) is 0 Å². The standard InChI is InChI=1S/C5H6N4O/c1-2-6-8(3-1)9-5-10-4-7-9/h1-4H,5H2. The van der Waals surface area contributed by atoms with Gasteiger partial charge in [-0.1, -0.05) is 0 Å². The lowest BCUT2D eigenvalue weighted by atomic mass is 10.8. The zero-order valence-corrected chi connectivity index (χ0v) is 5.21. The van der Waals surface area contributed by atoms with Crippen LogP contribution in [-0.4, -0.2) is 23.0 Å². The van der Waals surface area contributed by atoms with Gasteiger partial charge in [0.05, 0.1) is 12.4 Å². The molecule has 52 valence electrons. The average molecular weight is 138 g/mol. The van der Waals surface area contributed by atoms with Crippen molar-refractivity contribution < 1.29 is 4.74 Å². The molecule has 2 rings (SSSR count). The van der Waals surface area contributed by atoms with Crippen LogP contribution < -0.4 is 5.12 Å². The third-order valence-corrected chi connectivity index (χ3v) is 1.17. The number of hydrazone groups is 1. The minimum atomic E-state index is 0.432. The Kier molecular flexibility index (Phi) is 1.06. The fourth-order valence-electron chi connectivity index (χ4n) is 0.730. The average Bonchev–Trinajstić information content (AvgIpc) is 2.59. The molecule has 0 spiro atoms. The van der Waals surface area contributed by atoms with Gasteiger partial charge in [-0.25, -0.2) is 0 Å². The van der Waals surface area contributed by atoms with Gasteiger partial charge in [0.2, 0.25) is 0 Å². The molecule has 1 aromatic heterocycles. The van der Waals surface area contributed by atoms with Gasteiger partial charge in [-0.15, -0.1) is 10.2 Å². The summed E-state index contributed by atoms with van der Waals surface area (Å²) in [6.07, 6.45) is 4.88. The topological polar surface area (TPSA) is 42.7 Å². The summed E-state index contributed by atoms with van der Waals surface area (Å²) < 4.78 is 4.85. The third kappa shape index (κ3) is 0.717. The van der Waals surface area contributed by atoms with E-state index >= 15 is 0 Å². The smallest absolute Gasteiger partial charge is 0.200 e. The van der Waals surface area contributed by atoms with E-state index < -0.39 is 0 Å². The summed E-state index contributed by atoms with van der Waals surface area (Å²) in [5.41, 5.74) is 0. The zero-order valence-electron chi connectivity index (χ0n) is 5.21. The Labute approximate surface area is 57.5 Å². The molecule has 0 amide bonds. The molecule has 0 saturated carbocycles. The molecular formula is C5H6N4O. The predicted molar refractivity (Wildman–Crippen MR) is 34.9 cm³/mol. The first-order chi connectivity index (χ1) is 4.97. The fraction of sp³-hybridized carbons (Fsp3) is 0.200. The zero-order chi connectivity index (χ0) is 6.81. The van der Waals surface area contributed by atoms with Crippen molar-refractivity contribution in [2.24, 2.45) is 5.10 Å². The quantitative estimate of drug-likeness (QED) is 0.537. The summed E-state index contributed by atoms with van der Waals surface area (Å²) in [4.78, 5) is 1.60. The van der Waals surface area contributed by atoms with Crippen LogP contribution in [0.15, 0.2) is 23.6 Å². The van der Waals surface area contributed by atoms with E-state index in [1.54, 1.807) is 22.3 Å². The maximum atomic E-state index is 4.85. The summed E-state index contributed by atoms with van der Waals surface area (Å²) in [5, 5.41) is 9.41. The van der Waals surface area contributed by atoms with Gasteiger partial charge in [-0.2, -0.15) is 9.89 Å². The Morgan fingerprint density at radius 1 is 1.50 bits per heavy atom. The highest BCUT2D eigenvalue weighted by molar-refractivity contribution is 5.49. The van der Waals surface area contributed by atoms with Crippen LogP contribution in [0.1, 0.15) is 0 Å². The SMILES string of the molecule is C1=NN(n2cccn2)CO1. The van der Waals surface area contributed by atoms with Crippen LogP contribution in [0.25, 0.3) is 0 Å². The van der Waals surface area contributed by atoms with Crippen LogP contribution in [-0.2, 0) is 4.74 Å². The van der Waals surface area contributed by atoms with Crippen molar-refractivity contribution in [3.05, 3.63) is 18.5 Å². The fourth-order valence-corrected chi connectivity index (χ4v) is 0.730. The number of rotatable bonds is 1. The van der Waals surface area contributed by atoms with Crippen molar-refractivity contribution >= 4 is 6.40 Å². The Morgan fingerprint density at radius 2 is 2.50 bits per heavy atom. The minimum Gasteiger partial charge on any atom is -0.457 e. The summed E-state index contributed by atoms with van der Waals surface area (Å²) in [6.45, 7) is 0.432. The largest absolute Gasteiger partial charge is 0.457 e. The second-order valence-corrected chi connectivity index (χ2v) is 1.82. The molecule has 0 aliphatic carbocycles. The van der Waals surface area contributed by atoms with E-state index in [1.165, 1.54) is 6.40 Å². The van der Waals surface area contributed by atoms with Gasteiger partial charge in [-0.3, -0.25) is 0 Å². The molecule has 10 heavy (non-hydrogen) atoms. The van der Waals surface area contributed by atoms with Gasteiger partial charge in [-0.05, 0) is 6.07 Å².